The van der Waals surface area contributed by atoms with Crippen molar-refractivity contribution in [3.8, 4) is 0 Å². The van der Waals surface area contributed by atoms with E-state index in [4.69, 9.17) is 19.9 Å². The predicted molar refractivity (Wildman–Crippen MR) is 120 cm³/mol. The second-order valence-corrected chi connectivity index (χ2v) is 10.4. The minimum atomic E-state index is -1.28. The summed E-state index contributed by atoms with van der Waals surface area (Å²) >= 11 is 1.36. The Morgan fingerprint density at radius 2 is 1.97 bits per heavy atom. The van der Waals surface area contributed by atoms with Gasteiger partial charge in [0.25, 0.3) is 11.6 Å². The zero-order valence-electron chi connectivity index (χ0n) is 18.1. The highest BCUT2D eigenvalue weighted by Crippen LogP contribution is 2.49. The zero-order valence-corrected chi connectivity index (χ0v) is 19.8. The van der Waals surface area contributed by atoms with Crippen LogP contribution in [0.1, 0.15) is 5.56 Å². The van der Waals surface area contributed by atoms with E-state index in [1.807, 2.05) is 13.3 Å². The predicted octanol–water partition coefficient (Wildman–Crippen LogP) is 1.49. The van der Waals surface area contributed by atoms with Crippen molar-refractivity contribution in [2.24, 2.45) is 5.73 Å². The van der Waals surface area contributed by atoms with Gasteiger partial charge in [0.1, 0.15) is 24.3 Å². The first-order valence-electron chi connectivity index (χ1n) is 9.61. The smallest absolute Gasteiger partial charge is 0.404 e. The molecule has 1 aromatic carbocycles. The number of carbonyl (C=O) groups excluding carboxylic acids is 3. The van der Waals surface area contributed by atoms with Gasteiger partial charge in [-0.2, -0.15) is 0 Å². The van der Waals surface area contributed by atoms with E-state index < -0.39 is 42.1 Å². The van der Waals surface area contributed by atoms with Crippen molar-refractivity contribution in [1.82, 2.24) is 9.99 Å². The summed E-state index contributed by atoms with van der Waals surface area (Å²) in [5, 5.41) is 13.4. The van der Waals surface area contributed by atoms with Crippen LogP contribution in [-0.2, 0) is 30.4 Å². The summed E-state index contributed by atoms with van der Waals surface area (Å²) in [6, 6.07) is 5.53. The Hall–Kier alpha value is -2.73. The van der Waals surface area contributed by atoms with E-state index in [0.29, 0.717) is 11.1 Å². The lowest BCUT2D eigenvalue weighted by atomic mass is 9.99. The first kappa shape index (κ1) is 24.9. The summed E-state index contributed by atoms with van der Waals surface area (Å²) in [6.45, 7) is 3.41. The number of thioether (sulfide) groups is 1. The number of non-ortho nitro benzene ring substituents is 1. The highest BCUT2D eigenvalue weighted by Gasteiger charge is 2.66. The molecule has 0 unspecified atom stereocenters. The van der Waals surface area contributed by atoms with E-state index in [-0.39, 0.29) is 30.4 Å². The largest absolute Gasteiger partial charge is 0.456 e. The molecule has 0 saturated carbocycles. The van der Waals surface area contributed by atoms with E-state index in [1.54, 1.807) is 0 Å². The Bertz CT molecular complexity index is 1000. The minimum Gasteiger partial charge on any atom is -0.456 e. The lowest BCUT2D eigenvalue weighted by Crippen LogP contribution is -2.79. The number of methoxy groups -OCH3 is 1. The van der Waals surface area contributed by atoms with Crippen molar-refractivity contribution in [3.63, 3.8) is 0 Å². The molecule has 0 aromatic heterocycles. The van der Waals surface area contributed by atoms with Crippen LogP contribution in [-0.4, -0.2) is 71.7 Å². The molecule has 33 heavy (non-hydrogen) atoms. The van der Waals surface area contributed by atoms with Gasteiger partial charge < -0.3 is 19.9 Å². The molecule has 1 saturated heterocycles. The molecule has 0 bridgehead atoms. The summed E-state index contributed by atoms with van der Waals surface area (Å²) in [7, 11) is 0.710. The summed E-state index contributed by atoms with van der Waals surface area (Å²) in [6.07, 6.45) is -1.02. The molecule has 1 aromatic rings. The molecule has 0 radical (unpaired) electrons. The maximum atomic E-state index is 13.2. The lowest BCUT2D eigenvalue weighted by molar-refractivity contribution is -0.384. The topological polar surface area (TPSA) is 163 Å². The lowest BCUT2D eigenvalue weighted by Gasteiger charge is -2.56. The standard InChI is InChI=1S/C19H23N4O8PS/c1-29-19(21-32(2)3)16(25)22-14(12(9-31-18(20)26)10-33-17(19)22)15(24)30-8-11-4-6-13(7-5-11)23(27)28/h4-7,17,21H,8-10H2,1-3H3,(H2,20,26)/t17-,19-/m0/s1. The number of nitro benzene ring substituents is 1. The van der Waals surface area contributed by atoms with Crippen molar-refractivity contribution in [2.75, 3.05) is 32.8 Å². The maximum Gasteiger partial charge on any atom is 0.404 e. The number of β-lactam (4-membered cyclic amide) rings is 1. The highest BCUT2D eigenvalue weighted by atomic mass is 32.2. The molecule has 0 aliphatic carbocycles. The summed E-state index contributed by atoms with van der Waals surface area (Å²) < 4.78 is 15.8. The first-order valence-corrected chi connectivity index (χ1v) is 12.9. The van der Waals surface area contributed by atoms with Gasteiger partial charge in [-0.15, -0.1) is 11.8 Å². The number of nitrogens with two attached hydrogens (primary N) is 1. The van der Waals surface area contributed by atoms with Crippen molar-refractivity contribution < 1.29 is 33.5 Å². The van der Waals surface area contributed by atoms with Crippen molar-refractivity contribution in [1.29, 1.82) is 0 Å². The van der Waals surface area contributed by atoms with Crippen LogP contribution in [0, 0.1) is 10.1 Å². The number of benzene rings is 1. The SMILES string of the molecule is CO[C@@]1(NP(C)C)C(=O)N2C(C(=O)OCc3ccc([N+](=O)[O-])cc3)=C(COC(N)=O)CS[C@H]21. The number of nitrogens with zero attached hydrogens (tertiary/aromatic N) is 2. The van der Waals surface area contributed by atoms with Crippen molar-refractivity contribution in [3.05, 3.63) is 51.2 Å². The molecular formula is C19H23N4O8PS. The minimum absolute atomic E-state index is 0.0297. The Morgan fingerprint density at radius 1 is 1.30 bits per heavy atom. The summed E-state index contributed by atoms with van der Waals surface area (Å²) in [5.41, 5.74) is 4.56. The van der Waals surface area contributed by atoms with Gasteiger partial charge in [-0.05, 0) is 39.1 Å². The fourth-order valence-corrected chi connectivity index (χ4v) is 5.93. The number of hydrogen-bond donors (Lipinski definition) is 2. The van der Waals surface area contributed by atoms with Gasteiger partial charge in [0.05, 0.1) is 4.92 Å². The molecule has 2 heterocycles. The number of nitro groups is 1. The fraction of sp³-hybridized carbons (Fsp3) is 0.421. The van der Waals surface area contributed by atoms with Gasteiger partial charge in [-0.25, -0.2) is 9.59 Å². The number of ether oxygens (including phenoxy) is 3. The molecule has 14 heteroatoms. The highest BCUT2D eigenvalue weighted by molar-refractivity contribution is 8.00. The van der Waals surface area contributed by atoms with Crippen LogP contribution in [0.3, 0.4) is 0 Å². The number of carbonyl (C=O) groups is 3. The second kappa shape index (κ2) is 10.0. The quantitative estimate of drug-likeness (QED) is 0.127. The monoisotopic (exact) mass is 498 g/mol. The normalized spacial score (nSPS) is 22.0. The molecule has 178 valence electrons. The Kier molecular flexibility index (Phi) is 7.58. The van der Waals surface area contributed by atoms with Crippen LogP contribution >= 0.6 is 19.8 Å². The molecule has 0 spiro atoms. The third kappa shape index (κ3) is 4.96. The molecular weight excluding hydrogens is 475 g/mol. The van der Waals surface area contributed by atoms with E-state index in [9.17, 15) is 24.5 Å². The molecule has 2 aliphatic rings. The van der Waals surface area contributed by atoms with E-state index in [0.717, 1.165) is 0 Å². The first-order chi connectivity index (χ1) is 15.6. The van der Waals surface area contributed by atoms with Crippen LogP contribution in [0.5, 0.6) is 0 Å². The van der Waals surface area contributed by atoms with Crippen LogP contribution in [0.4, 0.5) is 10.5 Å². The van der Waals surface area contributed by atoms with Crippen molar-refractivity contribution in [2.45, 2.75) is 17.7 Å². The number of nitrogens with one attached hydrogen (secondary N) is 1. The van der Waals surface area contributed by atoms with Crippen LogP contribution in [0.2, 0.25) is 0 Å². The molecule has 12 nitrogen and oxygen atoms in total. The van der Waals surface area contributed by atoms with Crippen molar-refractivity contribution >= 4 is 43.5 Å². The average molecular weight is 498 g/mol. The number of primary amides is 1. The fourth-order valence-electron chi connectivity index (χ4n) is 3.45. The van der Waals surface area contributed by atoms with Gasteiger partial charge in [-0.1, -0.05) is 0 Å². The van der Waals surface area contributed by atoms with E-state index >= 15 is 0 Å². The van der Waals surface area contributed by atoms with Gasteiger partial charge >= 0.3 is 12.1 Å². The van der Waals surface area contributed by atoms with Crippen LogP contribution in [0.25, 0.3) is 0 Å². The second-order valence-electron chi connectivity index (χ2n) is 7.34. The van der Waals surface area contributed by atoms with Gasteiger partial charge in [-0.3, -0.25) is 24.9 Å². The van der Waals surface area contributed by atoms with E-state index in [1.165, 1.54) is 48.0 Å². The maximum absolute atomic E-state index is 13.2. The summed E-state index contributed by atoms with van der Waals surface area (Å²) in [4.78, 5) is 48.8. The molecule has 2 aliphatic heterocycles. The van der Waals surface area contributed by atoms with Gasteiger partial charge in [0, 0.05) is 30.6 Å². The number of fused-ring (bicyclic) bond motifs is 1. The number of hydrogen-bond acceptors (Lipinski definition) is 10. The number of amides is 2. The Labute approximate surface area is 194 Å². The van der Waals surface area contributed by atoms with Gasteiger partial charge in [0.15, 0.2) is 0 Å². The van der Waals surface area contributed by atoms with Crippen LogP contribution < -0.4 is 10.8 Å². The molecule has 1 fully saturated rings. The van der Waals surface area contributed by atoms with Crippen LogP contribution in [0.15, 0.2) is 35.5 Å². The zero-order chi connectivity index (χ0) is 24.3. The summed E-state index contributed by atoms with van der Waals surface area (Å²) in [5.74, 6) is -0.978. The molecule has 3 N–H and O–H groups in total. The van der Waals surface area contributed by atoms with E-state index in [2.05, 4.69) is 5.09 Å². The van der Waals surface area contributed by atoms with Gasteiger partial charge in [0.2, 0.25) is 5.72 Å². The third-order valence-electron chi connectivity index (χ3n) is 4.92. The molecule has 2 amide bonds. The Morgan fingerprint density at radius 3 is 2.52 bits per heavy atom. The number of rotatable bonds is 9. The number of esters is 1. The molecule has 3 rings (SSSR count). The average Bonchev–Trinajstić information content (AvgIpc) is 2.78. The third-order valence-corrected chi connectivity index (χ3v) is 7.07. The Balaban J connectivity index is 1.83. The molecule has 2 atom stereocenters.